The zero-order chi connectivity index (χ0) is 50.8. The lowest BCUT2D eigenvalue weighted by atomic mass is 9.49. The van der Waals surface area contributed by atoms with E-state index in [1.165, 1.54) is 0 Å². The molecule has 0 radical (unpaired) electrons. The van der Waals surface area contributed by atoms with Crippen LogP contribution in [-0.4, -0.2) is 133 Å². The van der Waals surface area contributed by atoms with Crippen molar-refractivity contribution in [1.82, 2.24) is 49.5 Å². The Balaban J connectivity index is 0.757. The summed E-state index contributed by atoms with van der Waals surface area (Å²) in [5.74, 6) is 1.51. The van der Waals surface area contributed by atoms with Gasteiger partial charge < -0.3 is 29.7 Å². The van der Waals surface area contributed by atoms with Gasteiger partial charge in [-0.05, 0) is 54.7 Å². The molecule has 5 aliphatic rings. The fourth-order valence-electron chi connectivity index (χ4n) is 12.1. The highest BCUT2D eigenvalue weighted by molar-refractivity contribution is 6.31. The van der Waals surface area contributed by atoms with Gasteiger partial charge in [-0.3, -0.25) is 28.6 Å². The van der Waals surface area contributed by atoms with Crippen LogP contribution in [0.15, 0.2) is 55.1 Å². The normalized spacial score (nSPS) is 21.5. The van der Waals surface area contributed by atoms with E-state index < -0.39 is 17.3 Å². The van der Waals surface area contributed by atoms with E-state index in [2.05, 4.69) is 73.5 Å². The first-order valence-corrected chi connectivity index (χ1v) is 25.1. The Bertz CT molecular complexity index is 2940. The molecule has 5 aromatic rings. The highest BCUT2D eigenvalue weighted by Gasteiger charge is 2.64. The summed E-state index contributed by atoms with van der Waals surface area (Å²) in [4.78, 5) is 59.3. The van der Waals surface area contributed by atoms with Gasteiger partial charge in [0.25, 0.3) is 12.3 Å². The van der Waals surface area contributed by atoms with Gasteiger partial charge in [0.2, 0.25) is 17.8 Å². The Morgan fingerprint density at radius 1 is 0.958 bits per heavy atom. The van der Waals surface area contributed by atoms with Crippen molar-refractivity contribution in [2.75, 3.05) is 68.7 Å². The molecule has 3 fully saturated rings. The van der Waals surface area contributed by atoms with E-state index in [0.717, 1.165) is 36.1 Å². The highest BCUT2D eigenvalue weighted by atomic mass is 35.5. The quantitative estimate of drug-likeness (QED) is 0.148. The second kappa shape index (κ2) is 19.1. The van der Waals surface area contributed by atoms with Crippen molar-refractivity contribution >= 4 is 46.8 Å². The molecule has 7 heterocycles. The molecule has 1 N–H and O–H groups in total. The number of alkyl halides is 2. The molecule has 0 unspecified atom stereocenters. The number of anilines is 3. The van der Waals surface area contributed by atoms with Crippen LogP contribution in [0.25, 0.3) is 11.1 Å². The largest absolute Gasteiger partial charge is 0.489 e. The summed E-state index contributed by atoms with van der Waals surface area (Å²) in [6, 6.07) is 10.3. The van der Waals surface area contributed by atoms with Crippen LogP contribution < -0.4 is 19.9 Å². The number of fused-ring (bicyclic) bond motifs is 2. The fraction of sp³-hybridized carbons (Fsp3) is 0.500. The van der Waals surface area contributed by atoms with Gasteiger partial charge in [0.1, 0.15) is 17.9 Å². The third kappa shape index (κ3) is 9.01. The zero-order valence-corrected chi connectivity index (χ0v) is 42.3. The average Bonchev–Trinajstić information content (AvgIpc) is 4.13. The van der Waals surface area contributed by atoms with Crippen molar-refractivity contribution in [3.8, 4) is 22.9 Å². The van der Waals surface area contributed by atoms with Crippen LogP contribution in [0.3, 0.4) is 0 Å². The number of rotatable bonds is 11. The standard InChI is InChI=1S/C52H60ClF2N13O4/c1-31(69)65-15-12-42-40(29-65)46(67-13-7-8-32-20-38(35-26-59-62(6)27-35)39(45(54)55)22-43(32)67)61-68(42)36-11-14-66(28-36)44(70)30-63-16-18-64(19-17-63)50-57-24-34(25-58-50)47(71)60-48-51(2,3)49(52(48,4)5)72-37-10-9-33(23-56)41(53)21-37/h9-10,20-22,24-27,36,45,48-49H,7-8,11-19,28-30H2,1-6H3,(H,60,71)/t36-,48?,49?/m1/s1. The molecule has 378 valence electrons. The topological polar surface area (TPSA) is 174 Å². The zero-order valence-electron chi connectivity index (χ0n) is 41.5. The number of hydrogen-bond acceptors (Lipinski definition) is 12. The molecule has 3 aromatic heterocycles. The van der Waals surface area contributed by atoms with E-state index in [-0.39, 0.29) is 48.0 Å². The second-order valence-electron chi connectivity index (χ2n) is 21.0. The molecule has 20 heteroatoms. The summed E-state index contributed by atoms with van der Waals surface area (Å²) >= 11 is 6.27. The predicted octanol–water partition coefficient (Wildman–Crippen LogP) is 6.73. The highest BCUT2D eigenvalue weighted by Crippen LogP contribution is 2.56. The number of ether oxygens (including phenoxy) is 1. The van der Waals surface area contributed by atoms with Crippen molar-refractivity contribution in [3.63, 3.8) is 0 Å². The molecule has 0 spiro atoms. The van der Waals surface area contributed by atoms with Crippen molar-refractivity contribution in [3.05, 3.63) is 93.7 Å². The third-order valence-electron chi connectivity index (χ3n) is 15.6. The number of halogens is 3. The number of aromatic nitrogens is 6. The van der Waals surface area contributed by atoms with E-state index in [9.17, 15) is 28.4 Å². The van der Waals surface area contributed by atoms with Crippen molar-refractivity contribution in [2.45, 2.75) is 91.5 Å². The summed E-state index contributed by atoms with van der Waals surface area (Å²) in [5, 5.41) is 22.3. The molecule has 0 bridgehead atoms. The minimum atomic E-state index is -2.70. The molecule has 10 rings (SSSR count). The number of piperazine rings is 1. The van der Waals surface area contributed by atoms with E-state index in [4.69, 9.17) is 21.4 Å². The van der Waals surface area contributed by atoms with Gasteiger partial charge in [-0.15, -0.1) is 0 Å². The van der Waals surface area contributed by atoms with Crippen LogP contribution in [0.4, 0.5) is 26.2 Å². The molecule has 1 atom stereocenters. The first kappa shape index (κ1) is 49.0. The Kier molecular flexibility index (Phi) is 13.0. The maximum atomic E-state index is 14.8. The van der Waals surface area contributed by atoms with E-state index >= 15 is 0 Å². The van der Waals surface area contributed by atoms with Gasteiger partial charge in [0.15, 0.2) is 5.82 Å². The predicted molar refractivity (Wildman–Crippen MR) is 266 cm³/mol. The summed E-state index contributed by atoms with van der Waals surface area (Å²) in [6.07, 6.45) is 6.40. The molecular formula is C52H60ClF2N13O4. The molecule has 1 saturated carbocycles. The van der Waals surface area contributed by atoms with Crippen LogP contribution in [0.1, 0.15) is 98.2 Å². The maximum Gasteiger partial charge on any atom is 0.264 e. The van der Waals surface area contributed by atoms with E-state index in [0.29, 0.717) is 116 Å². The van der Waals surface area contributed by atoms with Crippen LogP contribution >= 0.6 is 11.6 Å². The number of carbonyl (C=O) groups excluding carboxylic acids is 3. The number of nitrogens with zero attached hydrogens (tertiary/aromatic N) is 12. The molecule has 4 aliphatic heterocycles. The molecule has 3 amide bonds. The van der Waals surface area contributed by atoms with Crippen LogP contribution in [0, 0.1) is 22.2 Å². The smallest absolute Gasteiger partial charge is 0.264 e. The van der Waals surface area contributed by atoms with Gasteiger partial charge in [-0.1, -0.05) is 39.3 Å². The van der Waals surface area contributed by atoms with E-state index in [1.54, 1.807) is 67.7 Å². The molecule has 17 nitrogen and oxygen atoms in total. The van der Waals surface area contributed by atoms with Crippen molar-refractivity contribution < 1.29 is 27.9 Å². The minimum Gasteiger partial charge on any atom is -0.489 e. The Morgan fingerprint density at radius 3 is 2.38 bits per heavy atom. The number of hydrogen-bond donors (Lipinski definition) is 1. The van der Waals surface area contributed by atoms with Gasteiger partial charge in [0.05, 0.1) is 41.5 Å². The maximum absolute atomic E-state index is 14.8. The van der Waals surface area contributed by atoms with Crippen molar-refractivity contribution in [2.24, 2.45) is 17.9 Å². The summed E-state index contributed by atoms with van der Waals surface area (Å²) in [7, 11) is 1.77. The van der Waals surface area contributed by atoms with Crippen molar-refractivity contribution in [1.29, 1.82) is 5.26 Å². The number of amides is 3. The van der Waals surface area contributed by atoms with Crippen LogP contribution in [0.5, 0.6) is 5.75 Å². The SMILES string of the molecule is CC(=O)N1CCc2c(c(N3CCCc4cc(-c5cnn(C)c5)c(C(F)F)cc43)nn2[C@@H]2CCN(C(=O)CN3CCN(c4ncc(C(=O)NC5C(C)(C)C(Oc6ccc(C#N)c(Cl)c6)C5(C)C)cn4)CC3)C2)C1. The lowest BCUT2D eigenvalue weighted by Crippen LogP contribution is -2.74. The van der Waals surface area contributed by atoms with Crippen LogP contribution in [-0.2, 0) is 36.0 Å². The van der Waals surface area contributed by atoms with Gasteiger partial charge in [-0.25, -0.2) is 18.7 Å². The fourth-order valence-corrected chi connectivity index (χ4v) is 12.3. The first-order chi connectivity index (χ1) is 34.4. The van der Waals surface area contributed by atoms with Gasteiger partial charge in [-0.2, -0.15) is 15.5 Å². The number of benzene rings is 2. The first-order valence-electron chi connectivity index (χ1n) is 24.7. The summed E-state index contributed by atoms with van der Waals surface area (Å²) < 4.78 is 39.6. The van der Waals surface area contributed by atoms with Gasteiger partial charge >= 0.3 is 0 Å². The third-order valence-corrected chi connectivity index (χ3v) is 15.9. The number of nitrogens with one attached hydrogen (secondary N) is 1. The monoisotopic (exact) mass is 1000 g/mol. The number of aryl methyl sites for hydroxylation is 2. The molecule has 72 heavy (non-hydrogen) atoms. The molecular weight excluding hydrogens is 944 g/mol. The molecule has 2 saturated heterocycles. The number of nitriles is 1. The Morgan fingerprint density at radius 2 is 1.71 bits per heavy atom. The molecule has 2 aromatic carbocycles. The Labute approximate surface area is 422 Å². The van der Waals surface area contributed by atoms with Crippen LogP contribution in [0.2, 0.25) is 5.02 Å². The lowest BCUT2D eigenvalue weighted by Gasteiger charge is -2.63. The number of likely N-dealkylation sites (tertiary alicyclic amines) is 1. The van der Waals surface area contributed by atoms with E-state index in [1.807, 2.05) is 15.9 Å². The molecule has 1 aliphatic carbocycles. The second-order valence-corrected chi connectivity index (χ2v) is 21.4. The minimum absolute atomic E-state index is 0.0305. The van der Waals surface area contributed by atoms with Gasteiger partial charge in [0, 0.05) is 142 Å². The number of carbonyl (C=O) groups is 3. The average molecular weight is 1000 g/mol. The Hall–Kier alpha value is -6.65. The summed E-state index contributed by atoms with van der Waals surface area (Å²) in [5.41, 5.74) is 4.56. The lowest BCUT2D eigenvalue weighted by molar-refractivity contribution is -0.164. The summed E-state index contributed by atoms with van der Waals surface area (Å²) in [6.45, 7) is 15.1.